The number of rotatable bonds is 5. The molecule has 0 aliphatic carbocycles. The second kappa shape index (κ2) is 5.21. The van der Waals surface area contributed by atoms with E-state index in [4.69, 9.17) is 5.11 Å². The smallest absolute Gasteiger partial charge is 0.347 e. The van der Waals surface area contributed by atoms with Crippen LogP contribution in [0.1, 0.15) is 15.4 Å². The van der Waals surface area contributed by atoms with Crippen LogP contribution in [0.2, 0.25) is 0 Å². The maximum Gasteiger partial charge on any atom is 0.347 e. The van der Waals surface area contributed by atoms with E-state index in [1.165, 1.54) is 11.2 Å². The lowest BCUT2D eigenvalue weighted by molar-refractivity contribution is -0.109. The highest BCUT2D eigenvalue weighted by atomic mass is 32.1. The van der Waals surface area contributed by atoms with Crippen molar-refractivity contribution in [1.29, 1.82) is 0 Å². The van der Waals surface area contributed by atoms with E-state index in [9.17, 15) is 9.59 Å². The third-order valence-electron chi connectivity index (χ3n) is 1.64. The van der Waals surface area contributed by atoms with E-state index in [-0.39, 0.29) is 4.88 Å². The minimum Gasteiger partial charge on any atom is -0.477 e. The third kappa shape index (κ3) is 2.76. The lowest BCUT2D eigenvalue weighted by Gasteiger charge is -2.06. The van der Waals surface area contributed by atoms with Gasteiger partial charge in [-0.1, -0.05) is 11.3 Å². The fourth-order valence-electron chi connectivity index (χ4n) is 0.931. The summed E-state index contributed by atoms with van der Waals surface area (Å²) in [5.74, 6) is -1.00. The number of aromatic nitrogens is 1. The summed E-state index contributed by atoms with van der Waals surface area (Å²) in [6, 6.07) is 0. The van der Waals surface area contributed by atoms with Crippen LogP contribution in [0.4, 0.5) is 5.13 Å². The first-order valence-electron chi connectivity index (χ1n) is 4.22. The Labute approximate surface area is 95.4 Å². The molecular formula is C8H10N4O3S. The van der Waals surface area contributed by atoms with Crippen molar-refractivity contribution in [2.45, 2.75) is 6.92 Å². The van der Waals surface area contributed by atoms with Gasteiger partial charge >= 0.3 is 5.97 Å². The number of thiazole rings is 1. The summed E-state index contributed by atoms with van der Waals surface area (Å²) in [7, 11) is 1.65. The van der Waals surface area contributed by atoms with Crippen LogP contribution in [-0.2, 0) is 4.79 Å². The van der Waals surface area contributed by atoms with E-state index in [0.29, 0.717) is 17.2 Å². The largest absolute Gasteiger partial charge is 0.477 e. The van der Waals surface area contributed by atoms with Gasteiger partial charge in [0.15, 0.2) is 5.13 Å². The van der Waals surface area contributed by atoms with Crippen molar-refractivity contribution in [3.05, 3.63) is 10.6 Å². The van der Waals surface area contributed by atoms with Crippen molar-refractivity contribution in [2.75, 3.05) is 11.9 Å². The summed E-state index contributed by atoms with van der Waals surface area (Å²) in [5.41, 5.74) is 2.56. The number of amides is 1. The molecule has 0 aliphatic rings. The summed E-state index contributed by atoms with van der Waals surface area (Å²) in [6.45, 7) is 1.62. The predicted molar refractivity (Wildman–Crippen MR) is 59.9 cm³/mol. The van der Waals surface area contributed by atoms with Crippen LogP contribution in [0, 0.1) is 6.92 Å². The van der Waals surface area contributed by atoms with E-state index in [0.717, 1.165) is 11.3 Å². The number of anilines is 1. The third-order valence-corrected chi connectivity index (χ3v) is 2.88. The molecule has 0 unspecified atom stereocenters. The standard InChI is InChI=1S/C8H10N4O3S/c1-5-6(7(14)15)16-8(11-5)12(2)3-9-10-4-13/h3-4H,1-2H3,(H,10,13)(H,14,15)/b9-3-. The summed E-state index contributed by atoms with van der Waals surface area (Å²) < 4.78 is 0. The van der Waals surface area contributed by atoms with Gasteiger partial charge in [-0.25, -0.2) is 15.2 Å². The number of hydrazone groups is 1. The Hall–Kier alpha value is -1.96. The molecule has 8 heteroatoms. The Bertz CT molecular complexity index is 429. The van der Waals surface area contributed by atoms with E-state index < -0.39 is 5.97 Å². The van der Waals surface area contributed by atoms with Crippen molar-refractivity contribution in [3.63, 3.8) is 0 Å². The molecule has 0 aromatic carbocycles. The molecule has 1 aromatic heterocycles. The first kappa shape index (κ1) is 12.1. The summed E-state index contributed by atoms with van der Waals surface area (Å²) in [4.78, 5) is 26.5. The highest BCUT2D eigenvalue weighted by Gasteiger charge is 2.15. The zero-order valence-electron chi connectivity index (χ0n) is 8.67. The van der Waals surface area contributed by atoms with Crippen LogP contribution in [0.25, 0.3) is 0 Å². The van der Waals surface area contributed by atoms with Gasteiger partial charge in [0.1, 0.15) is 11.2 Å². The number of aromatic carboxylic acids is 1. The van der Waals surface area contributed by atoms with Crippen LogP contribution in [0.15, 0.2) is 5.10 Å². The Kier molecular flexibility index (Phi) is 3.95. The molecule has 86 valence electrons. The number of hydrogen-bond acceptors (Lipinski definition) is 5. The number of nitrogens with one attached hydrogen (secondary N) is 1. The minimum absolute atomic E-state index is 0.193. The predicted octanol–water partition coefficient (Wildman–Crippen LogP) is 0.275. The van der Waals surface area contributed by atoms with Crippen LogP contribution < -0.4 is 10.3 Å². The van der Waals surface area contributed by atoms with Gasteiger partial charge in [0.05, 0.1) is 5.69 Å². The number of hydrogen-bond donors (Lipinski definition) is 2. The molecule has 0 saturated heterocycles. The van der Waals surface area contributed by atoms with Gasteiger partial charge in [-0.2, -0.15) is 5.10 Å². The highest BCUT2D eigenvalue weighted by Crippen LogP contribution is 2.24. The van der Waals surface area contributed by atoms with Crippen molar-refractivity contribution in [2.24, 2.45) is 5.10 Å². The Morgan fingerprint density at radius 2 is 2.38 bits per heavy atom. The van der Waals surface area contributed by atoms with Crippen molar-refractivity contribution >= 4 is 35.2 Å². The SMILES string of the molecule is Cc1nc(N(C)/C=N\NC=O)sc1C(=O)O. The summed E-state index contributed by atoms with van der Waals surface area (Å²) in [6.07, 6.45) is 1.76. The van der Waals surface area contributed by atoms with Gasteiger partial charge in [-0.15, -0.1) is 0 Å². The fourth-order valence-corrected chi connectivity index (χ4v) is 1.77. The second-order valence-corrected chi connectivity index (χ2v) is 3.80. The molecular weight excluding hydrogens is 232 g/mol. The lowest BCUT2D eigenvalue weighted by atomic mass is 10.4. The zero-order valence-corrected chi connectivity index (χ0v) is 9.48. The number of carboxylic acid groups (broad SMARTS) is 1. The Balaban J connectivity index is 2.84. The Morgan fingerprint density at radius 1 is 1.69 bits per heavy atom. The molecule has 0 spiro atoms. The topological polar surface area (TPSA) is 94.9 Å². The van der Waals surface area contributed by atoms with Crippen LogP contribution in [0.3, 0.4) is 0 Å². The molecule has 0 fully saturated rings. The van der Waals surface area contributed by atoms with Crippen LogP contribution in [0.5, 0.6) is 0 Å². The number of aryl methyl sites for hydroxylation is 1. The van der Waals surface area contributed by atoms with Gasteiger partial charge in [-0.3, -0.25) is 4.79 Å². The average Bonchev–Trinajstić information content (AvgIpc) is 2.60. The van der Waals surface area contributed by atoms with E-state index >= 15 is 0 Å². The molecule has 16 heavy (non-hydrogen) atoms. The molecule has 0 aliphatic heterocycles. The van der Waals surface area contributed by atoms with E-state index in [1.54, 1.807) is 14.0 Å². The number of carboxylic acids is 1. The lowest BCUT2D eigenvalue weighted by Crippen LogP contribution is -2.16. The monoisotopic (exact) mass is 242 g/mol. The zero-order chi connectivity index (χ0) is 12.1. The van der Waals surface area contributed by atoms with Crippen LogP contribution in [-0.4, -0.2) is 35.9 Å². The molecule has 1 rings (SSSR count). The van der Waals surface area contributed by atoms with Crippen molar-refractivity contribution < 1.29 is 14.7 Å². The molecule has 0 atom stereocenters. The van der Waals surface area contributed by atoms with Crippen LogP contribution >= 0.6 is 11.3 Å². The normalized spacial score (nSPS) is 10.4. The first-order valence-corrected chi connectivity index (χ1v) is 5.03. The quantitative estimate of drug-likeness (QED) is 0.334. The first-order chi connectivity index (χ1) is 7.56. The fraction of sp³-hybridized carbons (Fsp3) is 0.250. The molecule has 0 saturated carbocycles. The second-order valence-electron chi connectivity index (χ2n) is 2.82. The number of carbonyl (C=O) groups excluding carboxylic acids is 1. The number of carbonyl (C=O) groups is 2. The number of nitrogens with zero attached hydrogens (tertiary/aromatic N) is 3. The van der Waals surface area contributed by atoms with Crippen molar-refractivity contribution in [3.8, 4) is 0 Å². The molecule has 0 bridgehead atoms. The maximum atomic E-state index is 10.8. The molecule has 7 nitrogen and oxygen atoms in total. The van der Waals surface area contributed by atoms with Gasteiger partial charge in [0.2, 0.25) is 6.41 Å². The molecule has 1 aromatic rings. The van der Waals surface area contributed by atoms with Gasteiger partial charge in [-0.05, 0) is 6.92 Å². The molecule has 0 radical (unpaired) electrons. The molecule has 2 N–H and O–H groups in total. The van der Waals surface area contributed by atoms with Gasteiger partial charge in [0, 0.05) is 7.05 Å². The van der Waals surface area contributed by atoms with E-state index in [1.807, 2.05) is 0 Å². The Morgan fingerprint density at radius 3 is 2.88 bits per heavy atom. The maximum absolute atomic E-state index is 10.8. The van der Waals surface area contributed by atoms with Gasteiger partial charge in [0.25, 0.3) is 0 Å². The highest BCUT2D eigenvalue weighted by molar-refractivity contribution is 7.17. The average molecular weight is 242 g/mol. The van der Waals surface area contributed by atoms with E-state index in [2.05, 4.69) is 15.5 Å². The minimum atomic E-state index is -1.00. The van der Waals surface area contributed by atoms with Crippen molar-refractivity contribution in [1.82, 2.24) is 10.4 Å². The summed E-state index contributed by atoms with van der Waals surface area (Å²) in [5, 5.41) is 12.9. The van der Waals surface area contributed by atoms with Gasteiger partial charge < -0.3 is 10.0 Å². The molecule has 1 amide bonds. The molecule has 1 heterocycles. The summed E-state index contributed by atoms with van der Waals surface area (Å²) >= 11 is 1.04.